The summed E-state index contributed by atoms with van der Waals surface area (Å²) in [6.07, 6.45) is 5.53. The molecule has 1 fully saturated rings. The summed E-state index contributed by atoms with van der Waals surface area (Å²) in [5.41, 5.74) is 10.6. The SMILES string of the molecule is Cc1cc2c(cn1)[C@@H](N)C1(CCNCC1)C2. The number of aryl methyl sites for hydroxylation is 1. The molecule has 0 aromatic carbocycles. The topological polar surface area (TPSA) is 50.9 Å². The van der Waals surface area contributed by atoms with E-state index in [0.717, 1.165) is 25.2 Å². The lowest BCUT2D eigenvalue weighted by Gasteiger charge is -2.37. The van der Waals surface area contributed by atoms with Gasteiger partial charge >= 0.3 is 0 Å². The Morgan fingerprint density at radius 1 is 1.44 bits per heavy atom. The maximum atomic E-state index is 6.44. The first-order valence-electron chi connectivity index (χ1n) is 6.13. The minimum atomic E-state index is 0.192. The first-order chi connectivity index (χ1) is 7.71. The maximum absolute atomic E-state index is 6.44. The van der Waals surface area contributed by atoms with Gasteiger partial charge in [0.2, 0.25) is 0 Å². The molecule has 1 aliphatic carbocycles. The predicted octanol–water partition coefficient (Wildman–Crippen LogP) is 1.32. The van der Waals surface area contributed by atoms with Crippen LogP contribution in [-0.2, 0) is 6.42 Å². The molecule has 2 heterocycles. The van der Waals surface area contributed by atoms with E-state index in [0.29, 0.717) is 5.41 Å². The molecule has 0 unspecified atom stereocenters. The third kappa shape index (κ3) is 1.39. The van der Waals surface area contributed by atoms with Crippen LogP contribution in [0.2, 0.25) is 0 Å². The Hall–Kier alpha value is -0.930. The fraction of sp³-hybridized carbons (Fsp3) is 0.615. The van der Waals surface area contributed by atoms with Gasteiger partial charge in [-0.05, 0) is 61.9 Å². The lowest BCUT2D eigenvalue weighted by molar-refractivity contribution is 0.174. The van der Waals surface area contributed by atoms with Crippen LogP contribution in [0, 0.1) is 12.3 Å². The van der Waals surface area contributed by atoms with Gasteiger partial charge in [-0.1, -0.05) is 0 Å². The van der Waals surface area contributed by atoms with E-state index >= 15 is 0 Å². The molecule has 1 aromatic heterocycles. The third-order valence-electron chi connectivity index (χ3n) is 4.30. The quantitative estimate of drug-likeness (QED) is 0.689. The fourth-order valence-electron chi connectivity index (χ4n) is 3.29. The molecule has 86 valence electrons. The summed E-state index contributed by atoms with van der Waals surface area (Å²) in [6.45, 7) is 4.27. The Balaban J connectivity index is 1.98. The van der Waals surface area contributed by atoms with E-state index in [9.17, 15) is 0 Å². The smallest absolute Gasteiger partial charge is 0.0375 e. The van der Waals surface area contributed by atoms with Gasteiger partial charge in [-0.2, -0.15) is 0 Å². The lowest BCUT2D eigenvalue weighted by atomic mass is 9.74. The van der Waals surface area contributed by atoms with Gasteiger partial charge in [-0.25, -0.2) is 0 Å². The highest BCUT2D eigenvalue weighted by Crippen LogP contribution is 2.49. The molecule has 3 heteroatoms. The molecule has 0 radical (unpaired) electrons. The van der Waals surface area contributed by atoms with Crippen LogP contribution in [0.4, 0.5) is 0 Å². The monoisotopic (exact) mass is 217 g/mol. The molecule has 1 atom stereocenters. The zero-order valence-corrected chi connectivity index (χ0v) is 9.79. The summed E-state index contributed by atoms with van der Waals surface area (Å²) in [6, 6.07) is 2.41. The van der Waals surface area contributed by atoms with Crippen LogP contribution in [0.3, 0.4) is 0 Å². The van der Waals surface area contributed by atoms with Crippen LogP contribution in [0.5, 0.6) is 0 Å². The van der Waals surface area contributed by atoms with Crippen molar-refractivity contribution in [3.63, 3.8) is 0 Å². The Morgan fingerprint density at radius 2 is 2.19 bits per heavy atom. The Bertz CT molecular complexity index is 408. The van der Waals surface area contributed by atoms with Gasteiger partial charge < -0.3 is 11.1 Å². The van der Waals surface area contributed by atoms with E-state index in [1.54, 1.807) is 0 Å². The largest absolute Gasteiger partial charge is 0.323 e. The van der Waals surface area contributed by atoms with Crippen LogP contribution in [-0.4, -0.2) is 18.1 Å². The molecule has 1 saturated heterocycles. The summed E-state index contributed by atoms with van der Waals surface area (Å²) in [5.74, 6) is 0. The number of fused-ring (bicyclic) bond motifs is 1. The van der Waals surface area contributed by atoms with Crippen LogP contribution >= 0.6 is 0 Å². The number of pyridine rings is 1. The van der Waals surface area contributed by atoms with Gasteiger partial charge in [0.15, 0.2) is 0 Å². The highest BCUT2D eigenvalue weighted by molar-refractivity contribution is 5.37. The van der Waals surface area contributed by atoms with Crippen molar-refractivity contribution in [2.24, 2.45) is 11.1 Å². The summed E-state index contributed by atoms with van der Waals surface area (Å²) < 4.78 is 0. The number of rotatable bonds is 0. The molecule has 16 heavy (non-hydrogen) atoms. The van der Waals surface area contributed by atoms with Crippen LogP contribution in [0.25, 0.3) is 0 Å². The Labute approximate surface area is 96.4 Å². The van der Waals surface area contributed by atoms with Crippen molar-refractivity contribution < 1.29 is 0 Å². The second-order valence-corrected chi connectivity index (χ2v) is 5.29. The summed E-state index contributed by atoms with van der Waals surface area (Å²) in [5, 5.41) is 3.42. The lowest BCUT2D eigenvalue weighted by Crippen LogP contribution is -2.42. The van der Waals surface area contributed by atoms with E-state index in [-0.39, 0.29) is 6.04 Å². The van der Waals surface area contributed by atoms with E-state index in [1.807, 2.05) is 6.20 Å². The molecule has 0 amide bonds. The average Bonchev–Trinajstić information content (AvgIpc) is 2.53. The van der Waals surface area contributed by atoms with Crippen molar-refractivity contribution >= 4 is 0 Å². The summed E-state index contributed by atoms with van der Waals surface area (Å²) in [7, 11) is 0. The first-order valence-corrected chi connectivity index (χ1v) is 6.13. The minimum absolute atomic E-state index is 0.192. The Kier molecular flexibility index (Phi) is 2.26. The van der Waals surface area contributed by atoms with Gasteiger partial charge in [-0.3, -0.25) is 4.98 Å². The molecular formula is C13H19N3. The molecule has 1 aromatic rings. The molecule has 0 bridgehead atoms. The molecule has 0 saturated carbocycles. The van der Waals surface area contributed by atoms with Crippen molar-refractivity contribution in [2.75, 3.05) is 13.1 Å². The van der Waals surface area contributed by atoms with Crippen LogP contribution < -0.4 is 11.1 Å². The maximum Gasteiger partial charge on any atom is 0.0375 e. The molecule has 3 nitrogen and oxygen atoms in total. The zero-order valence-electron chi connectivity index (χ0n) is 9.79. The zero-order chi connectivity index (χ0) is 11.2. The van der Waals surface area contributed by atoms with Gasteiger partial charge in [0.05, 0.1) is 0 Å². The van der Waals surface area contributed by atoms with Crippen molar-refractivity contribution in [3.05, 3.63) is 29.1 Å². The van der Waals surface area contributed by atoms with Gasteiger partial charge in [-0.15, -0.1) is 0 Å². The van der Waals surface area contributed by atoms with Gasteiger partial charge in [0.1, 0.15) is 0 Å². The average molecular weight is 217 g/mol. The predicted molar refractivity (Wildman–Crippen MR) is 64.1 cm³/mol. The first kappa shape index (κ1) is 10.2. The van der Waals surface area contributed by atoms with E-state index in [1.165, 1.54) is 24.0 Å². The van der Waals surface area contributed by atoms with Crippen LogP contribution in [0.15, 0.2) is 12.3 Å². The second kappa shape index (κ2) is 3.54. The standard InChI is InChI=1S/C13H19N3/c1-9-6-10-7-13(2-4-15-5-3-13)12(14)11(10)8-16-9/h6,8,12,15H,2-5,7,14H2,1H3/t12-/m1/s1. The summed E-state index contributed by atoms with van der Waals surface area (Å²) >= 11 is 0. The highest BCUT2D eigenvalue weighted by atomic mass is 14.9. The highest BCUT2D eigenvalue weighted by Gasteiger charge is 2.44. The fourth-order valence-corrected chi connectivity index (χ4v) is 3.29. The number of nitrogens with two attached hydrogens (primary N) is 1. The number of nitrogens with one attached hydrogen (secondary N) is 1. The molecular weight excluding hydrogens is 198 g/mol. The number of piperidine rings is 1. The van der Waals surface area contributed by atoms with Crippen LogP contribution in [0.1, 0.15) is 35.7 Å². The number of aromatic nitrogens is 1. The number of nitrogens with zero attached hydrogens (tertiary/aromatic N) is 1. The van der Waals surface area contributed by atoms with E-state index < -0.39 is 0 Å². The normalized spacial score (nSPS) is 27.0. The molecule has 1 aliphatic heterocycles. The summed E-state index contributed by atoms with van der Waals surface area (Å²) in [4.78, 5) is 4.38. The Morgan fingerprint density at radius 3 is 2.94 bits per heavy atom. The van der Waals surface area contributed by atoms with E-state index in [4.69, 9.17) is 5.73 Å². The molecule has 1 spiro atoms. The third-order valence-corrected chi connectivity index (χ3v) is 4.30. The molecule has 3 N–H and O–H groups in total. The van der Waals surface area contributed by atoms with Gasteiger partial charge in [0.25, 0.3) is 0 Å². The molecule has 3 rings (SSSR count). The number of hydrogen-bond acceptors (Lipinski definition) is 3. The van der Waals surface area contributed by atoms with Gasteiger partial charge in [0, 0.05) is 17.9 Å². The number of hydrogen-bond donors (Lipinski definition) is 2. The second-order valence-electron chi connectivity index (χ2n) is 5.29. The van der Waals surface area contributed by atoms with Crippen molar-refractivity contribution in [1.29, 1.82) is 0 Å². The van der Waals surface area contributed by atoms with E-state index in [2.05, 4.69) is 23.3 Å². The van der Waals surface area contributed by atoms with Crippen molar-refractivity contribution in [2.45, 2.75) is 32.2 Å². The van der Waals surface area contributed by atoms with Crippen molar-refractivity contribution in [1.82, 2.24) is 10.3 Å². The minimum Gasteiger partial charge on any atom is -0.323 e. The van der Waals surface area contributed by atoms with Crippen molar-refractivity contribution in [3.8, 4) is 0 Å². The molecule has 2 aliphatic rings.